The maximum Gasteiger partial charge on any atom is 0.282 e. The lowest BCUT2D eigenvalue weighted by Gasteiger charge is -2.04. The van der Waals surface area contributed by atoms with Gasteiger partial charge in [-0.3, -0.25) is 0 Å². The quantitative estimate of drug-likeness (QED) is 0.786. The lowest BCUT2D eigenvalue weighted by Crippen LogP contribution is -1.98. The van der Waals surface area contributed by atoms with Crippen molar-refractivity contribution in [3.05, 3.63) is 21.4 Å². The fraction of sp³-hybridized carbons (Fsp3) is 0.167. The van der Waals surface area contributed by atoms with E-state index in [0.29, 0.717) is 4.47 Å². The van der Waals surface area contributed by atoms with Gasteiger partial charge in [0.2, 0.25) is 0 Å². The Bertz CT molecular complexity index is 306. The van der Waals surface area contributed by atoms with Gasteiger partial charge in [-0.05, 0) is 22.0 Å². The number of pyridine rings is 1. The predicted molar refractivity (Wildman–Crippen MR) is 46.3 cm³/mol. The molecule has 2 nitrogen and oxygen atoms in total. The number of nitrogens with zero attached hydrogens (tertiary/aromatic N) is 1. The van der Waals surface area contributed by atoms with E-state index in [-0.39, 0.29) is 10.8 Å². The summed E-state index contributed by atoms with van der Waals surface area (Å²) < 4.78 is 24.7. The zero-order chi connectivity index (χ0) is 9.30. The SMILES string of the molecule is Nc1cc(Br)c(Cl)nc1C(F)F. The summed E-state index contributed by atoms with van der Waals surface area (Å²) in [6.45, 7) is 0. The number of hydrogen-bond acceptors (Lipinski definition) is 2. The van der Waals surface area contributed by atoms with Crippen molar-refractivity contribution in [2.24, 2.45) is 0 Å². The van der Waals surface area contributed by atoms with Crippen molar-refractivity contribution in [3.8, 4) is 0 Å². The second-order valence-corrected chi connectivity index (χ2v) is 3.25. The lowest BCUT2D eigenvalue weighted by molar-refractivity contribution is 0.147. The van der Waals surface area contributed by atoms with E-state index in [2.05, 4.69) is 20.9 Å². The molecule has 0 saturated heterocycles. The highest BCUT2D eigenvalue weighted by Crippen LogP contribution is 2.29. The molecular weight excluding hydrogens is 253 g/mol. The van der Waals surface area contributed by atoms with Gasteiger partial charge in [0.15, 0.2) is 0 Å². The molecule has 0 bridgehead atoms. The first-order valence-electron chi connectivity index (χ1n) is 2.92. The smallest absolute Gasteiger partial charge is 0.282 e. The van der Waals surface area contributed by atoms with E-state index in [4.69, 9.17) is 17.3 Å². The number of hydrogen-bond donors (Lipinski definition) is 1. The van der Waals surface area contributed by atoms with Crippen LogP contribution >= 0.6 is 27.5 Å². The van der Waals surface area contributed by atoms with Gasteiger partial charge in [0, 0.05) is 0 Å². The highest BCUT2D eigenvalue weighted by molar-refractivity contribution is 9.10. The van der Waals surface area contributed by atoms with Crippen LogP contribution in [0.15, 0.2) is 10.5 Å². The Morgan fingerprint density at radius 1 is 1.58 bits per heavy atom. The van der Waals surface area contributed by atoms with Crippen LogP contribution in [0.1, 0.15) is 12.1 Å². The van der Waals surface area contributed by atoms with Crippen LogP contribution in [0.5, 0.6) is 0 Å². The first-order valence-corrected chi connectivity index (χ1v) is 4.09. The Morgan fingerprint density at radius 2 is 2.17 bits per heavy atom. The Labute approximate surface area is 80.9 Å². The Kier molecular flexibility index (Phi) is 2.85. The molecule has 6 heteroatoms. The fourth-order valence-electron chi connectivity index (χ4n) is 0.669. The number of aromatic nitrogens is 1. The van der Waals surface area contributed by atoms with E-state index in [1.54, 1.807) is 0 Å². The van der Waals surface area contributed by atoms with Gasteiger partial charge in [-0.1, -0.05) is 11.6 Å². The van der Waals surface area contributed by atoms with E-state index >= 15 is 0 Å². The Balaban J connectivity index is 3.23. The summed E-state index contributed by atoms with van der Waals surface area (Å²) in [5.74, 6) is 0. The van der Waals surface area contributed by atoms with Crippen LogP contribution in [0.2, 0.25) is 5.15 Å². The largest absolute Gasteiger partial charge is 0.397 e. The molecule has 66 valence electrons. The van der Waals surface area contributed by atoms with Crippen molar-refractivity contribution < 1.29 is 8.78 Å². The van der Waals surface area contributed by atoms with Gasteiger partial charge < -0.3 is 5.73 Å². The number of anilines is 1. The van der Waals surface area contributed by atoms with Crippen LogP contribution in [-0.2, 0) is 0 Å². The minimum absolute atomic E-state index is 0.0144. The molecular formula is C6H4BrClF2N2. The van der Waals surface area contributed by atoms with Gasteiger partial charge in [-0.2, -0.15) is 0 Å². The van der Waals surface area contributed by atoms with E-state index in [9.17, 15) is 8.78 Å². The van der Waals surface area contributed by atoms with Crippen LogP contribution in [0, 0.1) is 0 Å². The highest BCUT2D eigenvalue weighted by atomic mass is 79.9. The zero-order valence-corrected chi connectivity index (χ0v) is 8.03. The van der Waals surface area contributed by atoms with Gasteiger partial charge in [0.25, 0.3) is 6.43 Å². The molecule has 0 aliphatic heterocycles. The Morgan fingerprint density at radius 3 is 2.67 bits per heavy atom. The van der Waals surface area contributed by atoms with Crippen molar-refractivity contribution in [2.45, 2.75) is 6.43 Å². The zero-order valence-electron chi connectivity index (χ0n) is 5.69. The van der Waals surface area contributed by atoms with Gasteiger partial charge in [0.05, 0.1) is 10.2 Å². The molecule has 1 aromatic rings. The average Bonchev–Trinajstić information content (AvgIpc) is 1.96. The van der Waals surface area contributed by atoms with Gasteiger partial charge >= 0.3 is 0 Å². The standard InChI is InChI=1S/C6H4BrClF2N2/c7-2-1-3(11)4(6(9)10)12-5(2)8/h1,6H,11H2. The number of nitrogen functional groups attached to an aromatic ring is 1. The van der Waals surface area contributed by atoms with E-state index < -0.39 is 12.1 Å². The predicted octanol–water partition coefficient (Wildman–Crippen LogP) is 3.02. The summed E-state index contributed by atoms with van der Waals surface area (Å²) in [5.41, 5.74) is 4.71. The minimum Gasteiger partial charge on any atom is -0.397 e. The molecule has 12 heavy (non-hydrogen) atoms. The van der Waals surface area contributed by atoms with Crippen LogP contribution in [0.4, 0.5) is 14.5 Å². The third kappa shape index (κ3) is 1.84. The van der Waals surface area contributed by atoms with Crippen molar-refractivity contribution in [1.29, 1.82) is 0 Å². The first kappa shape index (κ1) is 9.67. The number of rotatable bonds is 1. The number of halogens is 4. The van der Waals surface area contributed by atoms with Crippen molar-refractivity contribution in [2.75, 3.05) is 5.73 Å². The Hall–Kier alpha value is -0.420. The lowest BCUT2D eigenvalue weighted by atomic mass is 10.3. The molecule has 0 aliphatic carbocycles. The van der Waals surface area contributed by atoms with Crippen molar-refractivity contribution in [3.63, 3.8) is 0 Å². The maximum absolute atomic E-state index is 12.1. The summed E-state index contributed by atoms with van der Waals surface area (Å²) in [6, 6.07) is 1.30. The maximum atomic E-state index is 12.1. The average molecular weight is 257 g/mol. The van der Waals surface area contributed by atoms with Gasteiger partial charge in [-0.15, -0.1) is 0 Å². The topological polar surface area (TPSA) is 38.9 Å². The van der Waals surface area contributed by atoms with Crippen LogP contribution in [-0.4, -0.2) is 4.98 Å². The molecule has 1 aromatic heterocycles. The van der Waals surface area contributed by atoms with E-state index in [1.807, 2.05) is 0 Å². The monoisotopic (exact) mass is 256 g/mol. The molecule has 0 saturated carbocycles. The third-order valence-electron chi connectivity index (χ3n) is 1.20. The second-order valence-electron chi connectivity index (χ2n) is 2.04. The molecule has 2 N–H and O–H groups in total. The van der Waals surface area contributed by atoms with Crippen LogP contribution in [0.3, 0.4) is 0 Å². The van der Waals surface area contributed by atoms with Crippen molar-refractivity contribution >= 4 is 33.2 Å². The minimum atomic E-state index is -2.70. The molecule has 0 spiro atoms. The normalized spacial score (nSPS) is 10.8. The highest BCUT2D eigenvalue weighted by Gasteiger charge is 2.15. The summed E-state index contributed by atoms with van der Waals surface area (Å²) in [7, 11) is 0. The molecule has 0 atom stereocenters. The summed E-state index contributed by atoms with van der Waals surface area (Å²) in [6.07, 6.45) is -2.70. The van der Waals surface area contributed by atoms with Crippen molar-refractivity contribution in [1.82, 2.24) is 4.98 Å². The van der Waals surface area contributed by atoms with E-state index in [0.717, 1.165) is 0 Å². The molecule has 1 heterocycles. The molecule has 0 aliphatic rings. The molecule has 0 radical (unpaired) electrons. The summed E-state index contributed by atoms with van der Waals surface area (Å²) in [4.78, 5) is 3.42. The number of nitrogens with two attached hydrogens (primary N) is 1. The summed E-state index contributed by atoms with van der Waals surface area (Å²) in [5, 5.41) is -0.0144. The summed E-state index contributed by atoms with van der Waals surface area (Å²) >= 11 is 8.49. The van der Waals surface area contributed by atoms with Gasteiger partial charge in [-0.25, -0.2) is 13.8 Å². The fourth-order valence-corrected chi connectivity index (χ4v) is 1.15. The molecule has 0 aromatic carbocycles. The van der Waals surface area contributed by atoms with Crippen LogP contribution in [0.25, 0.3) is 0 Å². The van der Waals surface area contributed by atoms with Crippen LogP contribution < -0.4 is 5.73 Å². The molecule has 1 rings (SSSR count). The number of alkyl halides is 2. The van der Waals surface area contributed by atoms with E-state index in [1.165, 1.54) is 6.07 Å². The third-order valence-corrected chi connectivity index (χ3v) is 2.32. The molecule has 0 unspecified atom stereocenters. The first-order chi connectivity index (χ1) is 5.52. The molecule has 0 fully saturated rings. The second kappa shape index (κ2) is 3.53. The van der Waals surface area contributed by atoms with Gasteiger partial charge in [0.1, 0.15) is 10.8 Å². The molecule has 0 amide bonds.